The van der Waals surface area contributed by atoms with Crippen LogP contribution in [0.25, 0.3) is 11.3 Å². The van der Waals surface area contributed by atoms with Crippen molar-refractivity contribution in [3.05, 3.63) is 65.7 Å². The molecule has 2 N–H and O–H groups in total. The van der Waals surface area contributed by atoms with Crippen molar-refractivity contribution in [3.8, 4) is 11.3 Å². The summed E-state index contributed by atoms with van der Waals surface area (Å²) in [5, 5.41) is 3.93. The Morgan fingerprint density at radius 1 is 1.20 bits per heavy atom. The van der Waals surface area contributed by atoms with Crippen LogP contribution in [0.2, 0.25) is 0 Å². The molecule has 0 unspecified atom stereocenters. The van der Waals surface area contributed by atoms with Crippen LogP contribution in [-0.2, 0) is 0 Å². The Balaban J connectivity index is 1.51. The third-order valence-electron chi connectivity index (χ3n) is 4.57. The van der Waals surface area contributed by atoms with Crippen molar-refractivity contribution in [3.63, 3.8) is 0 Å². The monoisotopic (exact) mass is 337 g/mol. The summed E-state index contributed by atoms with van der Waals surface area (Å²) in [6, 6.07) is 14.9. The molecular weight excluding hydrogens is 318 g/mol. The van der Waals surface area contributed by atoms with Gasteiger partial charge >= 0.3 is 0 Å². The van der Waals surface area contributed by atoms with Crippen molar-refractivity contribution < 1.29 is 13.7 Å². The number of nitrogens with zero attached hydrogens (tertiary/aromatic N) is 2. The molecule has 0 saturated carbocycles. The average Bonchev–Trinajstić information content (AvgIpc) is 3.34. The van der Waals surface area contributed by atoms with Gasteiger partial charge in [-0.3, -0.25) is 4.79 Å². The van der Waals surface area contributed by atoms with Crippen molar-refractivity contribution in [1.82, 2.24) is 10.1 Å². The Bertz CT molecular complexity index is 884. The highest BCUT2D eigenvalue weighted by Gasteiger charge is 2.36. The Morgan fingerprint density at radius 2 is 2.00 bits per heavy atom. The third kappa shape index (κ3) is 2.96. The number of aromatic nitrogens is 1. The molecule has 1 aliphatic heterocycles. The van der Waals surface area contributed by atoms with E-state index in [0.29, 0.717) is 24.5 Å². The quantitative estimate of drug-likeness (QED) is 0.794. The van der Waals surface area contributed by atoms with Crippen LogP contribution in [0.1, 0.15) is 27.9 Å². The fourth-order valence-corrected chi connectivity index (χ4v) is 3.23. The van der Waals surface area contributed by atoms with E-state index in [1.54, 1.807) is 11.0 Å². The molecule has 6 heteroatoms. The summed E-state index contributed by atoms with van der Waals surface area (Å²) >= 11 is 0. The number of carbonyl (C=O) groups excluding carboxylic acids is 1. The second kappa shape index (κ2) is 6.22. The summed E-state index contributed by atoms with van der Waals surface area (Å²) in [5.41, 5.74) is 7.40. The second-order valence-electron chi connectivity index (χ2n) is 6.37. The minimum absolute atomic E-state index is 0.00172. The molecule has 3 heterocycles. The standard InChI is InChI=1S/C19H19N3O3/c1-12-7-8-17(24-12)14-10-22(11-15(14)20)19(23)16-9-18(25-21-16)13-5-3-2-4-6-13/h2-9,14-15H,10-11,20H2,1H3/t14-,15-/m1/s1. The summed E-state index contributed by atoms with van der Waals surface area (Å²) in [4.78, 5) is 14.4. The van der Waals surface area contributed by atoms with Crippen molar-refractivity contribution in [1.29, 1.82) is 0 Å². The van der Waals surface area contributed by atoms with Crippen molar-refractivity contribution in [2.75, 3.05) is 13.1 Å². The Kier molecular flexibility index (Phi) is 3.89. The van der Waals surface area contributed by atoms with Crippen LogP contribution in [0.15, 0.2) is 57.5 Å². The largest absolute Gasteiger partial charge is 0.466 e. The SMILES string of the molecule is Cc1ccc([C@@H]2CN(C(=O)c3cc(-c4ccccc4)on3)C[C@H]2N)o1. The minimum atomic E-state index is -0.174. The summed E-state index contributed by atoms with van der Waals surface area (Å²) in [6.45, 7) is 2.88. The fraction of sp³-hybridized carbons (Fsp3) is 0.263. The number of carbonyl (C=O) groups is 1. The molecule has 2 atom stereocenters. The van der Waals surface area contributed by atoms with E-state index in [1.165, 1.54) is 0 Å². The van der Waals surface area contributed by atoms with Gasteiger partial charge in [0.25, 0.3) is 5.91 Å². The molecule has 1 aliphatic rings. The molecule has 2 aromatic heterocycles. The smallest absolute Gasteiger partial charge is 0.276 e. The third-order valence-corrected chi connectivity index (χ3v) is 4.57. The van der Waals surface area contributed by atoms with E-state index in [0.717, 1.165) is 17.1 Å². The molecule has 0 aliphatic carbocycles. The number of rotatable bonds is 3. The number of nitrogens with two attached hydrogens (primary N) is 1. The molecule has 3 aromatic rings. The highest BCUT2D eigenvalue weighted by atomic mass is 16.5. The van der Waals surface area contributed by atoms with Gasteiger partial charge in [-0.15, -0.1) is 0 Å². The molecule has 0 radical (unpaired) electrons. The molecule has 1 fully saturated rings. The first kappa shape index (κ1) is 15.7. The Labute approximate surface area is 145 Å². The molecule has 128 valence electrons. The number of benzene rings is 1. The van der Waals surface area contributed by atoms with E-state index in [9.17, 15) is 4.79 Å². The summed E-state index contributed by atoms with van der Waals surface area (Å²) in [7, 11) is 0. The zero-order chi connectivity index (χ0) is 17.4. The van der Waals surface area contributed by atoms with Crippen molar-refractivity contribution >= 4 is 5.91 Å². The normalized spacial score (nSPS) is 20.2. The van der Waals surface area contributed by atoms with Gasteiger partial charge in [0, 0.05) is 30.8 Å². The maximum Gasteiger partial charge on any atom is 0.276 e. The average molecular weight is 337 g/mol. The number of hydrogen-bond donors (Lipinski definition) is 1. The molecule has 4 rings (SSSR count). The van der Waals surface area contributed by atoms with Gasteiger partial charge in [-0.05, 0) is 19.1 Å². The van der Waals surface area contributed by atoms with Gasteiger partial charge in [-0.1, -0.05) is 35.5 Å². The van der Waals surface area contributed by atoms with Crippen LogP contribution in [0.3, 0.4) is 0 Å². The highest BCUT2D eigenvalue weighted by molar-refractivity contribution is 5.93. The number of furan rings is 1. The van der Waals surface area contributed by atoms with E-state index in [4.69, 9.17) is 14.7 Å². The van der Waals surface area contributed by atoms with E-state index in [-0.39, 0.29) is 17.9 Å². The first-order chi connectivity index (χ1) is 12.1. The van der Waals surface area contributed by atoms with Gasteiger partial charge in [0.2, 0.25) is 0 Å². The summed E-state index contributed by atoms with van der Waals surface area (Å²) in [6.07, 6.45) is 0. The van der Waals surface area contributed by atoms with Gasteiger partial charge in [-0.2, -0.15) is 0 Å². The molecule has 1 aromatic carbocycles. The molecule has 1 saturated heterocycles. The zero-order valence-electron chi connectivity index (χ0n) is 13.9. The lowest BCUT2D eigenvalue weighted by atomic mass is 10.0. The van der Waals surface area contributed by atoms with Crippen LogP contribution in [0.4, 0.5) is 0 Å². The maximum absolute atomic E-state index is 12.7. The molecule has 0 bridgehead atoms. The highest BCUT2D eigenvalue weighted by Crippen LogP contribution is 2.29. The van der Waals surface area contributed by atoms with Crippen molar-refractivity contribution in [2.45, 2.75) is 18.9 Å². The van der Waals surface area contributed by atoms with Gasteiger partial charge in [0.15, 0.2) is 11.5 Å². The Morgan fingerprint density at radius 3 is 2.72 bits per heavy atom. The lowest BCUT2D eigenvalue weighted by Crippen LogP contribution is -2.32. The van der Waals surface area contributed by atoms with E-state index in [2.05, 4.69) is 5.16 Å². The van der Waals surface area contributed by atoms with Crippen LogP contribution in [0.5, 0.6) is 0 Å². The number of amides is 1. The lowest BCUT2D eigenvalue weighted by molar-refractivity contribution is 0.0778. The van der Waals surface area contributed by atoms with Crippen LogP contribution in [0, 0.1) is 6.92 Å². The van der Waals surface area contributed by atoms with E-state index in [1.807, 2.05) is 49.4 Å². The first-order valence-corrected chi connectivity index (χ1v) is 8.25. The molecule has 1 amide bonds. The van der Waals surface area contributed by atoms with Gasteiger partial charge in [0.1, 0.15) is 11.5 Å². The van der Waals surface area contributed by atoms with E-state index < -0.39 is 0 Å². The summed E-state index contributed by atoms with van der Waals surface area (Å²) in [5.74, 6) is 2.07. The lowest BCUT2D eigenvalue weighted by Gasteiger charge is -2.13. The number of hydrogen-bond acceptors (Lipinski definition) is 5. The van der Waals surface area contributed by atoms with Gasteiger partial charge in [-0.25, -0.2) is 0 Å². The predicted octanol–water partition coefficient (Wildman–Crippen LogP) is 2.81. The van der Waals surface area contributed by atoms with Gasteiger partial charge < -0.3 is 19.6 Å². The minimum Gasteiger partial charge on any atom is -0.466 e. The van der Waals surface area contributed by atoms with Crippen LogP contribution < -0.4 is 5.73 Å². The van der Waals surface area contributed by atoms with Crippen LogP contribution >= 0.6 is 0 Å². The first-order valence-electron chi connectivity index (χ1n) is 8.25. The fourth-order valence-electron chi connectivity index (χ4n) is 3.23. The van der Waals surface area contributed by atoms with Crippen LogP contribution in [-0.4, -0.2) is 35.1 Å². The maximum atomic E-state index is 12.7. The molecular formula is C19H19N3O3. The zero-order valence-corrected chi connectivity index (χ0v) is 13.9. The second-order valence-corrected chi connectivity index (χ2v) is 6.37. The number of aryl methyl sites for hydroxylation is 1. The molecule has 6 nitrogen and oxygen atoms in total. The topological polar surface area (TPSA) is 85.5 Å². The summed E-state index contributed by atoms with van der Waals surface area (Å²) < 4.78 is 11.0. The number of likely N-dealkylation sites (tertiary alicyclic amines) is 1. The van der Waals surface area contributed by atoms with Gasteiger partial charge in [0.05, 0.1) is 5.92 Å². The Hall–Kier alpha value is -2.86. The molecule has 25 heavy (non-hydrogen) atoms. The van der Waals surface area contributed by atoms with E-state index >= 15 is 0 Å². The van der Waals surface area contributed by atoms with Crippen molar-refractivity contribution in [2.24, 2.45) is 5.73 Å². The predicted molar refractivity (Wildman–Crippen MR) is 92.0 cm³/mol. The molecule has 0 spiro atoms.